The van der Waals surface area contributed by atoms with Crippen molar-refractivity contribution in [3.05, 3.63) is 0 Å². The molecule has 0 aromatic rings. The highest BCUT2D eigenvalue weighted by Gasteiger charge is 2.58. The van der Waals surface area contributed by atoms with E-state index in [1.54, 1.807) is 6.92 Å². The van der Waals surface area contributed by atoms with E-state index in [1.807, 2.05) is 0 Å². The highest BCUT2D eigenvalue weighted by atomic mass is 28.4. The fraction of sp³-hybridized carbons (Fsp3) is 0.947. The number of hydrogen-bond acceptors (Lipinski definition) is 5. The van der Waals surface area contributed by atoms with E-state index in [2.05, 4.69) is 67.7 Å². The lowest BCUT2D eigenvalue weighted by Crippen LogP contribution is -2.53. The summed E-state index contributed by atoms with van der Waals surface area (Å²) < 4.78 is 18.5. The van der Waals surface area contributed by atoms with Crippen molar-refractivity contribution >= 4 is 22.6 Å². The Balaban J connectivity index is 3.08. The van der Waals surface area contributed by atoms with Crippen LogP contribution in [0.1, 0.15) is 48.5 Å². The van der Waals surface area contributed by atoms with Crippen molar-refractivity contribution in [2.24, 2.45) is 5.41 Å². The van der Waals surface area contributed by atoms with Crippen LogP contribution in [0.25, 0.3) is 0 Å². The van der Waals surface area contributed by atoms with E-state index in [9.17, 15) is 9.90 Å². The van der Waals surface area contributed by atoms with Crippen molar-refractivity contribution in [3.63, 3.8) is 0 Å². The smallest absolute Gasteiger partial charge is 0.317 e. The maximum atomic E-state index is 12.5. The summed E-state index contributed by atoms with van der Waals surface area (Å²) in [7, 11) is -4.12. The first-order valence-electron chi connectivity index (χ1n) is 9.53. The summed E-state index contributed by atoms with van der Waals surface area (Å²) in [5.74, 6) is -0.396. The Morgan fingerprint density at radius 1 is 1.04 bits per heavy atom. The van der Waals surface area contributed by atoms with Gasteiger partial charge >= 0.3 is 5.97 Å². The average Bonchev–Trinajstić information content (AvgIpc) is 2.67. The summed E-state index contributed by atoms with van der Waals surface area (Å²) in [4.78, 5) is 12.5. The minimum absolute atomic E-state index is 0.000158. The van der Waals surface area contributed by atoms with Gasteiger partial charge in [-0.3, -0.25) is 4.79 Å². The van der Waals surface area contributed by atoms with Gasteiger partial charge < -0.3 is 18.7 Å². The Hall–Kier alpha value is -0.216. The van der Waals surface area contributed by atoms with Gasteiger partial charge in [-0.1, -0.05) is 41.5 Å². The zero-order chi connectivity index (χ0) is 20.8. The number of esters is 1. The van der Waals surface area contributed by atoms with E-state index < -0.39 is 40.2 Å². The second-order valence-corrected chi connectivity index (χ2v) is 20.5. The van der Waals surface area contributed by atoms with E-state index in [-0.39, 0.29) is 16.7 Å². The maximum Gasteiger partial charge on any atom is 0.317 e. The molecular weight excluding hydrogens is 364 g/mol. The Morgan fingerprint density at radius 2 is 1.50 bits per heavy atom. The number of cyclic esters (lactones) is 1. The molecule has 7 heteroatoms. The van der Waals surface area contributed by atoms with Gasteiger partial charge in [-0.25, -0.2) is 0 Å². The summed E-state index contributed by atoms with van der Waals surface area (Å²) in [6.07, 6.45) is -0.978. The van der Waals surface area contributed by atoms with Gasteiger partial charge in [0.25, 0.3) is 0 Å². The number of carbonyl (C=O) groups excluding carboxylic acids is 1. The third kappa shape index (κ3) is 4.60. The second-order valence-electron chi connectivity index (χ2n) is 10.9. The summed E-state index contributed by atoms with van der Waals surface area (Å²) >= 11 is 0. The third-order valence-electron chi connectivity index (χ3n) is 6.66. The quantitative estimate of drug-likeness (QED) is 0.527. The van der Waals surface area contributed by atoms with Gasteiger partial charge in [0, 0.05) is 0 Å². The van der Waals surface area contributed by atoms with E-state index in [1.165, 1.54) is 0 Å². The summed E-state index contributed by atoms with van der Waals surface area (Å²) in [5, 5.41) is 10.0. The second kappa shape index (κ2) is 7.31. The number of aliphatic hydroxyl groups is 1. The van der Waals surface area contributed by atoms with E-state index in [0.717, 1.165) is 0 Å². The number of aliphatic hydroxyl groups excluding tert-OH is 1. The molecule has 5 nitrogen and oxygen atoms in total. The third-order valence-corrected chi connectivity index (χ3v) is 15.6. The van der Waals surface area contributed by atoms with Crippen molar-refractivity contribution in [3.8, 4) is 0 Å². The van der Waals surface area contributed by atoms with Crippen molar-refractivity contribution < 1.29 is 23.5 Å². The molecule has 0 unspecified atom stereocenters. The Kier molecular flexibility index (Phi) is 6.70. The lowest BCUT2D eigenvalue weighted by atomic mass is 9.85. The molecule has 1 saturated heterocycles. The van der Waals surface area contributed by atoms with Crippen LogP contribution < -0.4 is 0 Å². The summed E-state index contributed by atoms with van der Waals surface area (Å²) in [6.45, 7) is 23.5. The molecule has 1 fully saturated rings. The zero-order valence-corrected chi connectivity index (χ0v) is 20.6. The highest BCUT2D eigenvalue weighted by Crippen LogP contribution is 2.44. The summed E-state index contributed by atoms with van der Waals surface area (Å²) in [6, 6.07) is 0. The number of hydrogen-bond donors (Lipinski definition) is 1. The Bertz CT molecular complexity index is 519. The molecule has 1 rings (SSSR count). The molecule has 0 spiro atoms. The van der Waals surface area contributed by atoms with Crippen LogP contribution in [-0.2, 0) is 18.4 Å². The maximum absolute atomic E-state index is 12.5. The lowest BCUT2D eigenvalue weighted by Gasteiger charge is -2.42. The number of ether oxygens (including phenoxy) is 1. The van der Waals surface area contributed by atoms with Crippen LogP contribution in [0.3, 0.4) is 0 Å². The number of rotatable bonds is 6. The molecule has 0 radical (unpaired) electrons. The highest BCUT2D eigenvalue weighted by molar-refractivity contribution is 6.74. The fourth-order valence-electron chi connectivity index (χ4n) is 2.34. The summed E-state index contributed by atoms with van der Waals surface area (Å²) in [5.41, 5.74) is -1.04. The van der Waals surface area contributed by atoms with Crippen LogP contribution >= 0.6 is 0 Å². The largest absolute Gasteiger partial charge is 0.457 e. The van der Waals surface area contributed by atoms with Crippen LogP contribution in [0.4, 0.5) is 0 Å². The molecule has 1 heterocycles. The van der Waals surface area contributed by atoms with Crippen molar-refractivity contribution in [2.75, 3.05) is 13.2 Å². The minimum Gasteiger partial charge on any atom is -0.457 e. The monoisotopic (exact) mass is 404 g/mol. The molecule has 1 aliphatic heterocycles. The fourth-order valence-corrected chi connectivity index (χ4v) is 4.76. The molecule has 0 aliphatic carbocycles. The SMILES string of the molecule is CC(C)(C)[Si](C)(C)OC[C@@H]1OC(=O)[C@](C)(CO)[C@H]1O[Si](C)(C)C(C)(C)C. The molecule has 3 atom stereocenters. The van der Waals surface area contributed by atoms with Gasteiger partial charge in [0.1, 0.15) is 17.6 Å². The van der Waals surface area contributed by atoms with Crippen molar-refractivity contribution in [1.82, 2.24) is 0 Å². The molecular formula is C19H40O5Si2. The predicted molar refractivity (Wildman–Crippen MR) is 110 cm³/mol. The standard InChI is InChI=1S/C19H40O5Si2/c1-17(2,3)25(8,9)22-12-14-15(19(7,13-20)16(21)23-14)24-26(10,11)18(4,5)6/h14-15,20H,12-13H2,1-11H3/t14-,15-,19+/m0/s1. The predicted octanol–water partition coefficient (Wildman–Crippen LogP) is 4.32. The first-order chi connectivity index (χ1) is 11.4. The van der Waals surface area contributed by atoms with Crippen LogP contribution in [0.5, 0.6) is 0 Å². The molecule has 0 aromatic carbocycles. The van der Waals surface area contributed by atoms with Crippen LogP contribution in [-0.4, -0.2) is 53.1 Å². The van der Waals surface area contributed by atoms with Crippen molar-refractivity contribution in [1.29, 1.82) is 0 Å². The first kappa shape index (κ1) is 23.8. The Morgan fingerprint density at radius 3 is 1.88 bits per heavy atom. The molecule has 1 N–H and O–H groups in total. The molecule has 154 valence electrons. The van der Waals surface area contributed by atoms with E-state index in [0.29, 0.717) is 6.61 Å². The number of carbonyl (C=O) groups is 1. The first-order valence-corrected chi connectivity index (χ1v) is 15.3. The zero-order valence-electron chi connectivity index (χ0n) is 18.6. The minimum atomic E-state index is -2.15. The molecule has 0 bridgehead atoms. The van der Waals surface area contributed by atoms with E-state index in [4.69, 9.17) is 13.6 Å². The molecule has 1 aliphatic rings. The lowest BCUT2D eigenvalue weighted by molar-refractivity contribution is -0.150. The van der Waals surface area contributed by atoms with E-state index >= 15 is 0 Å². The molecule has 0 amide bonds. The van der Waals surface area contributed by atoms with Gasteiger partial charge in [0.05, 0.1) is 13.2 Å². The molecule has 0 saturated carbocycles. The molecule has 0 aromatic heterocycles. The van der Waals surface area contributed by atoms with Crippen LogP contribution in [0.15, 0.2) is 0 Å². The topological polar surface area (TPSA) is 65.0 Å². The van der Waals surface area contributed by atoms with Crippen LogP contribution in [0.2, 0.25) is 36.3 Å². The van der Waals surface area contributed by atoms with Gasteiger partial charge in [-0.05, 0) is 43.2 Å². The van der Waals surface area contributed by atoms with Gasteiger partial charge in [-0.15, -0.1) is 0 Å². The van der Waals surface area contributed by atoms with Crippen molar-refractivity contribution in [2.45, 2.75) is 96.9 Å². The van der Waals surface area contributed by atoms with Gasteiger partial charge in [-0.2, -0.15) is 0 Å². The Labute approximate surface area is 162 Å². The normalized spacial score (nSPS) is 28.4. The average molecular weight is 405 g/mol. The van der Waals surface area contributed by atoms with Crippen LogP contribution in [0, 0.1) is 5.41 Å². The van der Waals surface area contributed by atoms with Gasteiger partial charge in [0.2, 0.25) is 0 Å². The van der Waals surface area contributed by atoms with Gasteiger partial charge in [0.15, 0.2) is 16.6 Å². The molecule has 26 heavy (non-hydrogen) atoms.